The highest BCUT2D eigenvalue weighted by Crippen LogP contribution is 2.10. The Morgan fingerprint density at radius 3 is 2.71 bits per heavy atom. The SMILES string of the molecule is O=C(CCc1ccc(F)cc1)Nn1cnc2ccccc21. The van der Waals surface area contributed by atoms with Crippen molar-refractivity contribution in [2.75, 3.05) is 5.43 Å². The molecule has 0 spiro atoms. The molecule has 0 unspecified atom stereocenters. The Balaban J connectivity index is 1.62. The molecule has 1 aromatic heterocycles. The number of halogens is 1. The van der Waals surface area contributed by atoms with E-state index in [2.05, 4.69) is 10.4 Å². The van der Waals surface area contributed by atoms with Crippen molar-refractivity contribution in [3.8, 4) is 0 Å². The number of rotatable bonds is 4. The van der Waals surface area contributed by atoms with E-state index in [1.54, 1.807) is 23.1 Å². The summed E-state index contributed by atoms with van der Waals surface area (Å²) in [6, 6.07) is 13.7. The average Bonchev–Trinajstić information content (AvgIpc) is 2.90. The predicted molar refractivity (Wildman–Crippen MR) is 78.8 cm³/mol. The molecule has 1 amide bonds. The molecule has 0 atom stereocenters. The molecule has 0 bridgehead atoms. The lowest BCUT2D eigenvalue weighted by Crippen LogP contribution is -2.22. The Morgan fingerprint density at radius 2 is 1.90 bits per heavy atom. The number of fused-ring (bicyclic) bond motifs is 1. The van der Waals surface area contributed by atoms with E-state index in [4.69, 9.17) is 0 Å². The highest BCUT2D eigenvalue weighted by Gasteiger charge is 2.06. The van der Waals surface area contributed by atoms with Gasteiger partial charge in [-0.3, -0.25) is 10.2 Å². The molecule has 0 saturated heterocycles. The van der Waals surface area contributed by atoms with Crippen molar-refractivity contribution < 1.29 is 9.18 Å². The summed E-state index contributed by atoms with van der Waals surface area (Å²) in [4.78, 5) is 16.2. The van der Waals surface area contributed by atoms with E-state index in [0.717, 1.165) is 16.6 Å². The van der Waals surface area contributed by atoms with Gasteiger partial charge in [-0.1, -0.05) is 24.3 Å². The number of benzene rings is 2. The van der Waals surface area contributed by atoms with Crippen molar-refractivity contribution in [1.82, 2.24) is 9.66 Å². The molecule has 0 aliphatic rings. The molecule has 0 fully saturated rings. The summed E-state index contributed by atoms with van der Waals surface area (Å²) in [6.45, 7) is 0. The molecule has 0 radical (unpaired) electrons. The summed E-state index contributed by atoms with van der Waals surface area (Å²) in [5.74, 6) is -0.379. The number of para-hydroxylation sites is 2. The standard InChI is InChI=1S/C16H14FN3O/c17-13-8-5-12(6-9-13)7-10-16(21)19-20-11-18-14-3-1-2-4-15(14)20/h1-6,8-9,11H,7,10H2,(H,19,21). The van der Waals surface area contributed by atoms with Crippen molar-refractivity contribution in [3.05, 3.63) is 66.2 Å². The minimum Gasteiger partial charge on any atom is -0.273 e. The van der Waals surface area contributed by atoms with Crippen LogP contribution in [0.2, 0.25) is 0 Å². The van der Waals surface area contributed by atoms with Crippen molar-refractivity contribution in [2.45, 2.75) is 12.8 Å². The second kappa shape index (κ2) is 5.75. The summed E-state index contributed by atoms with van der Waals surface area (Å²) >= 11 is 0. The molecule has 1 N–H and O–H groups in total. The summed E-state index contributed by atoms with van der Waals surface area (Å²) in [5.41, 5.74) is 5.40. The molecular formula is C16H14FN3O. The van der Waals surface area contributed by atoms with Gasteiger partial charge in [0.05, 0.1) is 11.0 Å². The third-order valence-electron chi connectivity index (χ3n) is 3.25. The van der Waals surface area contributed by atoms with Gasteiger partial charge < -0.3 is 0 Å². The van der Waals surface area contributed by atoms with E-state index in [1.807, 2.05) is 24.3 Å². The van der Waals surface area contributed by atoms with Gasteiger partial charge in [-0.25, -0.2) is 14.1 Å². The lowest BCUT2D eigenvalue weighted by molar-refractivity contribution is -0.117. The van der Waals surface area contributed by atoms with Crippen molar-refractivity contribution in [3.63, 3.8) is 0 Å². The van der Waals surface area contributed by atoms with E-state index in [0.29, 0.717) is 12.8 Å². The van der Waals surface area contributed by atoms with Crippen LogP contribution < -0.4 is 5.43 Å². The summed E-state index contributed by atoms with van der Waals surface area (Å²) in [7, 11) is 0. The van der Waals surface area contributed by atoms with Gasteiger partial charge in [0.1, 0.15) is 12.1 Å². The Hall–Kier alpha value is -2.69. The van der Waals surface area contributed by atoms with Crippen LogP contribution in [0.15, 0.2) is 54.9 Å². The first kappa shape index (κ1) is 13.3. The maximum Gasteiger partial charge on any atom is 0.239 e. The summed E-state index contributed by atoms with van der Waals surface area (Å²) in [5, 5.41) is 0. The van der Waals surface area contributed by atoms with Crippen molar-refractivity contribution >= 4 is 16.9 Å². The number of carbonyl (C=O) groups excluding carboxylic acids is 1. The van der Waals surface area contributed by atoms with Crippen molar-refractivity contribution in [1.29, 1.82) is 0 Å². The Morgan fingerprint density at radius 1 is 1.14 bits per heavy atom. The van der Waals surface area contributed by atoms with Crippen LogP contribution in [0.5, 0.6) is 0 Å². The third-order valence-corrected chi connectivity index (χ3v) is 3.25. The number of hydrogen-bond acceptors (Lipinski definition) is 2. The largest absolute Gasteiger partial charge is 0.273 e. The fourth-order valence-corrected chi connectivity index (χ4v) is 2.15. The van der Waals surface area contributed by atoms with Crippen LogP contribution in [-0.4, -0.2) is 15.6 Å². The predicted octanol–water partition coefficient (Wildman–Crippen LogP) is 2.88. The quantitative estimate of drug-likeness (QED) is 0.800. The lowest BCUT2D eigenvalue weighted by Gasteiger charge is -2.07. The van der Waals surface area contributed by atoms with Crippen LogP contribution >= 0.6 is 0 Å². The minimum atomic E-state index is -0.270. The monoisotopic (exact) mass is 283 g/mol. The van der Waals surface area contributed by atoms with Crippen LogP contribution in [0.3, 0.4) is 0 Å². The number of nitrogens with one attached hydrogen (secondary N) is 1. The van der Waals surface area contributed by atoms with E-state index in [-0.39, 0.29) is 11.7 Å². The zero-order valence-corrected chi connectivity index (χ0v) is 11.3. The van der Waals surface area contributed by atoms with E-state index >= 15 is 0 Å². The van der Waals surface area contributed by atoms with Crippen molar-refractivity contribution in [2.24, 2.45) is 0 Å². The first-order valence-electron chi connectivity index (χ1n) is 6.69. The van der Waals surface area contributed by atoms with Crippen LogP contribution in [0.4, 0.5) is 4.39 Å². The first-order chi connectivity index (χ1) is 10.2. The molecule has 0 aliphatic carbocycles. The fourth-order valence-electron chi connectivity index (χ4n) is 2.15. The van der Waals surface area contributed by atoms with Gasteiger partial charge in [-0.15, -0.1) is 0 Å². The number of carbonyl (C=O) groups is 1. The molecule has 0 aliphatic heterocycles. The molecule has 21 heavy (non-hydrogen) atoms. The maximum absolute atomic E-state index is 12.8. The normalized spacial score (nSPS) is 10.7. The molecule has 0 saturated carbocycles. The van der Waals surface area contributed by atoms with Crippen LogP contribution in [0, 0.1) is 5.82 Å². The number of aryl methyl sites for hydroxylation is 1. The maximum atomic E-state index is 12.8. The van der Waals surface area contributed by atoms with Gasteiger partial charge in [-0.05, 0) is 36.2 Å². The number of amides is 1. The van der Waals surface area contributed by atoms with E-state index < -0.39 is 0 Å². The summed E-state index contributed by atoms with van der Waals surface area (Å²) < 4.78 is 14.4. The van der Waals surface area contributed by atoms with Gasteiger partial charge in [0.15, 0.2) is 0 Å². The van der Waals surface area contributed by atoms with Crippen LogP contribution in [0.25, 0.3) is 11.0 Å². The van der Waals surface area contributed by atoms with Gasteiger partial charge >= 0.3 is 0 Å². The molecule has 4 nitrogen and oxygen atoms in total. The smallest absolute Gasteiger partial charge is 0.239 e. The second-order valence-electron chi connectivity index (χ2n) is 4.76. The Kier molecular flexibility index (Phi) is 3.64. The van der Waals surface area contributed by atoms with Gasteiger partial charge in [0.25, 0.3) is 0 Å². The molecule has 5 heteroatoms. The number of aromatic nitrogens is 2. The lowest BCUT2D eigenvalue weighted by atomic mass is 10.1. The van der Waals surface area contributed by atoms with E-state index in [9.17, 15) is 9.18 Å². The van der Waals surface area contributed by atoms with Gasteiger partial charge in [0, 0.05) is 6.42 Å². The number of hydrogen-bond donors (Lipinski definition) is 1. The van der Waals surface area contributed by atoms with Crippen LogP contribution in [-0.2, 0) is 11.2 Å². The number of imidazole rings is 1. The molecule has 2 aromatic carbocycles. The molecule has 3 rings (SSSR count). The first-order valence-corrected chi connectivity index (χ1v) is 6.69. The highest BCUT2D eigenvalue weighted by molar-refractivity contribution is 5.86. The zero-order chi connectivity index (χ0) is 14.7. The van der Waals surface area contributed by atoms with Crippen LogP contribution in [0.1, 0.15) is 12.0 Å². The topological polar surface area (TPSA) is 46.9 Å². The molecule has 1 heterocycles. The Labute approximate surface area is 121 Å². The average molecular weight is 283 g/mol. The zero-order valence-electron chi connectivity index (χ0n) is 11.3. The second-order valence-corrected chi connectivity index (χ2v) is 4.76. The summed E-state index contributed by atoms with van der Waals surface area (Å²) in [6.07, 6.45) is 2.48. The third kappa shape index (κ3) is 3.08. The molecule has 106 valence electrons. The molecule has 3 aromatic rings. The molecular weight excluding hydrogens is 269 g/mol. The number of nitrogens with zero attached hydrogens (tertiary/aromatic N) is 2. The van der Waals surface area contributed by atoms with Gasteiger partial charge in [0.2, 0.25) is 5.91 Å². The fraction of sp³-hybridized carbons (Fsp3) is 0.125. The van der Waals surface area contributed by atoms with Gasteiger partial charge in [-0.2, -0.15) is 0 Å². The Bertz CT molecular complexity index is 765. The highest BCUT2D eigenvalue weighted by atomic mass is 19.1. The van der Waals surface area contributed by atoms with E-state index in [1.165, 1.54) is 12.1 Å². The minimum absolute atomic E-state index is 0.109.